The molecule has 0 aliphatic carbocycles. The van der Waals surface area contributed by atoms with Crippen molar-refractivity contribution in [3.8, 4) is 0 Å². The van der Waals surface area contributed by atoms with E-state index < -0.39 is 47.3 Å². The molecule has 24 heavy (non-hydrogen) atoms. The molecule has 4 atom stereocenters. The van der Waals surface area contributed by atoms with E-state index in [1.54, 1.807) is 12.3 Å². The van der Waals surface area contributed by atoms with Crippen molar-refractivity contribution in [3.63, 3.8) is 0 Å². The van der Waals surface area contributed by atoms with Crippen LogP contribution < -0.4 is 0 Å². The predicted molar refractivity (Wildman–Crippen MR) is 75.1 cm³/mol. The van der Waals surface area contributed by atoms with Gasteiger partial charge in [-0.25, -0.2) is 4.79 Å². The van der Waals surface area contributed by atoms with E-state index in [0.717, 1.165) is 11.1 Å². The molecule has 120 valence electrons. The maximum Gasteiger partial charge on any atom is 0.342 e. The molecule has 3 saturated heterocycles. The van der Waals surface area contributed by atoms with Crippen LogP contribution in [0.25, 0.3) is 0 Å². The first-order valence-corrected chi connectivity index (χ1v) is 7.47. The molecule has 1 spiro atoms. The standard InChI is InChI=1S/C16H10N2O6/c19-9-5-16(15(22)23-9)11-10(13(20)24-14(11)21)12-8-4-2-1-3-7(8)6-17-18(12)16/h1-4,6,10-12H,5H2/t10-,11+,12+,16+/m0/s1. The summed E-state index contributed by atoms with van der Waals surface area (Å²) in [5.74, 6) is -5.09. The Hall–Kier alpha value is -3.03. The highest BCUT2D eigenvalue weighted by Gasteiger charge is 2.75. The average Bonchev–Trinajstić information content (AvgIpc) is 3.13. The molecule has 4 aliphatic rings. The highest BCUT2D eigenvalue weighted by Crippen LogP contribution is 2.58. The van der Waals surface area contributed by atoms with Crippen molar-refractivity contribution in [3.05, 3.63) is 35.4 Å². The van der Waals surface area contributed by atoms with Gasteiger partial charge in [0.1, 0.15) is 5.92 Å². The number of ether oxygens (including phenoxy) is 2. The van der Waals surface area contributed by atoms with E-state index in [2.05, 4.69) is 5.10 Å². The molecule has 0 unspecified atom stereocenters. The number of esters is 4. The fraction of sp³-hybridized carbons (Fsp3) is 0.312. The Kier molecular flexibility index (Phi) is 2.28. The lowest BCUT2D eigenvalue weighted by atomic mass is 9.78. The van der Waals surface area contributed by atoms with Gasteiger partial charge in [-0.15, -0.1) is 0 Å². The quantitative estimate of drug-likeness (QED) is 0.485. The number of hydrazone groups is 1. The molecule has 0 amide bonds. The molecular weight excluding hydrogens is 316 g/mol. The minimum atomic E-state index is -1.61. The second-order valence-corrected chi connectivity index (χ2v) is 6.27. The fourth-order valence-electron chi connectivity index (χ4n) is 4.31. The highest BCUT2D eigenvalue weighted by molar-refractivity contribution is 6.09. The molecule has 4 heterocycles. The third-order valence-corrected chi connectivity index (χ3v) is 5.22. The zero-order valence-electron chi connectivity index (χ0n) is 12.2. The van der Waals surface area contributed by atoms with Crippen LogP contribution in [0.1, 0.15) is 23.6 Å². The Labute approximate surface area is 135 Å². The number of hydrogen-bond acceptors (Lipinski definition) is 8. The van der Waals surface area contributed by atoms with E-state index in [9.17, 15) is 19.2 Å². The Morgan fingerprint density at radius 2 is 1.88 bits per heavy atom. The first-order chi connectivity index (χ1) is 11.5. The lowest BCUT2D eigenvalue weighted by Gasteiger charge is -2.36. The monoisotopic (exact) mass is 326 g/mol. The van der Waals surface area contributed by atoms with Gasteiger partial charge in [0.2, 0.25) is 0 Å². The van der Waals surface area contributed by atoms with Crippen molar-refractivity contribution in [2.24, 2.45) is 16.9 Å². The van der Waals surface area contributed by atoms with E-state index in [4.69, 9.17) is 9.47 Å². The topological polar surface area (TPSA) is 102 Å². The Bertz CT molecular complexity index is 877. The van der Waals surface area contributed by atoms with Gasteiger partial charge in [-0.05, 0) is 11.1 Å². The number of rotatable bonds is 0. The van der Waals surface area contributed by atoms with Gasteiger partial charge in [0.25, 0.3) is 0 Å². The van der Waals surface area contributed by atoms with Gasteiger partial charge < -0.3 is 9.47 Å². The number of benzene rings is 1. The van der Waals surface area contributed by atoms with Crippen LogP contribution in [-0.2, 0) is 28.7 Å². The van der Waals surface area contributed by atoms with Crippen LogP contribution in [0.3, 0.4) is 0 Å². The zero-order chi connectivity index (χ0) is 16.6. The van der Waals surface area contributed by atoms with Gasteiger partial charge in [0.15, 0.2) is 5.54 Å². The molecule has 3 fully saturated rings. The molecule has 0 radical (unpaired) electrons. The molecule has 8 heteroatoms. The normalized spacial score (nSPS) is 35.8. The second-order valence-electron chi connectivity index (χ2n) is 6.27. The lowest BCUT2D eigenvalue weighted by molar-refractivity contribution is -0.163. The Balaban J connectivity index is 1.78. The number of fused-ring (bicyclic) bond motifs is 7. The van der Waals surface area contributed by atoms with E-state index >= 15 is 0 Å². The minimum absolute atomic E-state index is 0.328. The number of nitrogens with zero attached hydrogens (tertiary/aromatic N) is 2. The van der Waals surface area contributed by atoms with Crippen LogP contribution in [0.15, 0.2) is 29.4 Å². The van der Waals surface area contributed by atoms with Crippen LogP contribution in [-0.4, -0.2) is 40.6 Å². The largest absolute Gasteiger partial charge is 0.393 e. The highest BCUT2D eigenvalue weighted by atomic mass is 16.6. The SMILES string of the molecule is O=C1C[C@]2(C(=O)O1)[C@H]1C(=O)OC(=O)[C@@H]1[C@H]1c3ccccc3C=NN12. The molecule has 5 rings (SSSR count). The van der Waals surface area contributed by atoms with Gasteiger partial charge >= 0.3 is 23.9 Å². The van der Waals surface area contributed by atoms with Gasteiger partial charge in [0, 0.05) is 0 Å². The van der Waals surface area contributed by atoms with Crippen molar-refractivity contribution in [1.29, 1.82) is 0 Å². The summed E-state index contributed by atoms with van der Waals surface area (Å²) >= 11 is 0. The number of carbonyl (C=O) groups excluding carboxylic acids is 4. The predicted octanol–water partition coefficient (Wildman–Crippen LogP) is -0.0811. The molecule has 1 aromatic carbocycles. The van der Waals surface area contributed by atoms with Crippen LogP contribution in [0, 0.1) is 11.8 Å². The lowest BCUT2D eigenvalue weighted by Crippen LogP contribution is -2.52. The molecule has 0 N–H and O–H groups in total. The Morgan fingerprint density at radius 3 is 2.62 bits per heavy atom. The zero-order valence-corrected chi connectivity index (χ0v) is 12.2. The number of carbonyl (C=O) groups is 4. The summed E-state index contributed by atoms with van der Waals surface area (Å²) in [7, 11) is 0. The summed E-state index contributed by atoms with van der Waals surface area (Å²) < 4.78 is 9.50. The third-order valence-electron chi connectivity index (χ3n) is 5.22. The third kappa shape index (κ3) is 1.33. The minimum Gasteiger partial charge on any atom is -0.393 e. The van der Waals surface area contributed by atoms with Crippen molar-refractivity contribution in [2.75, 3.05) is 0 Å². The van der Waals surface area contributed by atoms with Crippen LogP contribution in [0.5, 0.6) is 0 Å². The molecule has 4 aliphatic heterocycles. The molecule has 0 saturated carbocycles. The summed E-state index contributed by atoms with van der Waals surface area (Å²) in [5.41, 5.74) is -0.0581. The van der Waals surface area contributed by atoms with Crippen LogP contribution >= 0.6 is 0 Å². The summed E-state index contributed by atoms with van der Waals surface area (Å²) in [6.45, 7) is 0. The van der Waals surface area contributed by atoms with Crippen LogP contribution in [0.4, 0.5) is 0 Å². The van der Waals surface area contributed by atoms with Gasteiger partial charge in [-0.1, -0.05) is 24.3 Å². The number of cyclic esters (lactones) is 4. The second kappa shape index (κ2) is 4.08. The van der Waals surface area contributed by atoms with Crippen molar-refractivity contribution in [1.82, 2.24) is 5.01 Å². The summed E-state index contributed by atoms with van der Waals surface area (Å²) in [6, 6.07) is 6.63. The first-order valence-electron chi connectivity index (χ1n) is 7.47. The summed E-state index contributed by atoms with van der Waals surface area (Å²) in [6.07, 6.45) is 1.23. The van der Waals surface area contributed by atoms with Crippen LogP contribution in [0.2, 0.25) is 0 Å². The van der Waals surface area contributed by atoms with Gasteiger partial charge in [-0.2, -0.15) is 5.10 Å². The van der Waals surface area contributed by atoms with Gasteiger partial charge in [-0.3, -0.25) is 19.4 Å². The maximum atomic E-state index is 12.5. The van der Waals surface area contributed by atoms with E-state index in [1.807, 2.05) is 18.2 Å². The van der Waals surface area contributed by atoms with Crippen molar-refractivity contribution in [2.45, 2.75) is 18.0 Å². The van der Waals surface area contributed by atoms with Crippen molar-refractivity contribution >= 4 is 30.1 Å². The summed E-state index contributed by atoms with van der Waals surface area (Å²) in [5, 5.41) is 5.70. The van der Waals surface area contributed by atoms with E-state index in [0.29, 0.717) is 0 Å². The van der Waals surface area contributed by atoms with Crippen molar-refractivity contribution < 1.29 is 28.7 Å². The number of hydrogen-bond donors (Lipinski definition) is 0. The van der Waals surface area contributed by atoms with E-state index in [-0.39, 0.29) is 6.42 Å². The molecular formula is C16H10N2O6. The van der Waals surface area contributed by atoms with E-state index in [1.165, 1.54) is 5.01 Å². The first kappa shape index (κ1) is 13.4. The molecule has 0 bridgehead atoms. The molecule has 1 aromatic rings. The summed E-state index contributed by atoms with van der Waals surface area (Å²) in [4.78, 5) is 48.8. The smallest absolute Gasteiger partial charge is 0.342 e. The molecule has 0 aromatic heterocycles. The molecule has 8 nitrogen and oxygen atoms in total. The maximum absolute atomic E-state index is 12.5. The van der Waals surface area contributed by atoms with Gasteiger partial charge in [0.05, 0.1) is 24.6 Å². The average molecular weight is 326 g/mol. The Morgan fingerprint density at radius 1 is 1.08 bits per heavy atom. The fourth-order valence-corrected chi connectivity index (χ4v) is 4.31.